The Morgan fingerprint density at radius 1 is 1.06 bits per heavy atom. The molecule has 90 valence electrons. The predicted octanol–water partition coefficient (Wildman–Crippen LogP) is 3.00. The Morgan fingerprint density at radius 3 is 2.39 bits per heavy atom. The Hall–Kier alpha value is -2.49. The van der Waals surface area contributed by atoms with E-state index in [0.717, 1.165) is 6.07 Å². The molecule has 2 rings (SSSR count). The van der Waals surface area contributed by atoms with Crippen LogP contribution in [0.15, 0.2) is 42.5 Å². The van der Waals surface area contributed by atoms with E-state index in [4.69, 9.17) is 5.11 Å². The first-order valence-corrected chi connectivity index (χ1v) is 5.21. The maximum absolute atomic E-state index is 13.5. The van der Waals surface area contributed by atoms with Gasteiger partial charge in [0.2, 0.25) is 0 Å². The molecule has 3 nitrogen and oxygen atoms in total. The molecule has 0 aliphatic carbocycles. The average Bonchev–Trinajstić information content (AvgIpc) is 2.38. The molecule has 0 amide bonds. The topological polar surface area (TPSA) is 54.4 Å². The van der Waals surface area contributed by atoms with Gasteiger partial charge in [-0.3, -0.25) is 4.79 Å². The molecule has 0 bridgehead atoms. The van der Waals surface area contributed by atoms with Crippen molar-refractivity contribution < 1.29 is 19.1 Å². The lowest BCUT2D eigenvalue weighted by atomic mass is 9.95. The highest BCUT2D eigenvalue weighted by atomic mass is 19.1. The lowest BCUT2D eigenvalue weighted by Gasteiger charge is -2.08. The van der Waals surface area contributed by atoms with Crippen LogP contribution in [0, 0.1) is 5.82 Å². The molecule has 0 saturated carbocycles. The van der Waals surface area contributed by atoms with E-state index in [1.807, 2.05) is 0 Å². The zero-order chi connectivity index (χ0) is 13.1. The average molecular weight is 244 g/mol. The summed E-state index contributed by atoms with van der Waals surface area (Å²) in [6.45, 7) is 0. The van der Waals surface area contributed by atoms with Gasteiger partial charge in [0.1, 0.15) is 5.82 Å². The monoisotopic (exact) mass is 244 g/mol. The highest BCUT2D eigenvalue weighted by Gasteiger charge is 2.15. The van der Waals surface area contributed by atoms with Gasteiger partial charge >= 0.3 is 5.97 Å². The number of carboxylic acid groups (broad SMARTS) is 1. The van der Waals surface area contributed by atoms with Gasteiger partial charge in [-0.1, -0.05) is 30.3 Å². The maximum Gasteiger partial charge on any atom is 0.336 e. The van der Waals surface area contributed by atoms with Crippen LogP contribution in [-0.2, 0) is 0 Å². The molecule has 2 aromatic carbocycles. The highest BCUT2D eigenvalue weighted by molar-refractivity contribution is 5.99. The number of rotatable bonds is 3. The summed E-state index contributed by atoms with van der Waals surface area (Å²) in [5, 5.41) is 9.08. The summed E-state index contributed by atoms with van der Waals surface area (Å²) in [5.41, 5.74) is 0.506. The first kappa shape index (κ1) is 12.0. The second kappa shape index (κ2) is 4.79. The van der Waals surface area contributed by atoms with Crippen molar-refractivity contribution in [3.05, 3.63) is 59.4 Å². The Labute approximate surface area is 103 Å². The van der Waals surface area contributed by atoms with Gasteiger partial charge in [0.25, 0.3) is 0 Å². The molecule has 0 aliphatic rings. The van der Waals surface area contributed by atoms with Crippen molar-refractivity contribution in [3.63, 3.8) is 0 Å². The number of hydrogen-bond acceptors (Lipinski definition) is 2. The fourth-order valence-corrected chi connectivity index (χ4v) is 1.80. The Bertz CT molecular complexity index is 620. The molecule has 0 aromatic heterocycles. The van der Waals surface area contributed by atoms with Crippen LogP contribution in [0.5, 0.6) is 0 Å². The van der Waals surface area contributed by atoms with Gasteiger partial charge in [-0.05, 0) is 23.3 Å². The van der Waals surface area contributed by atoms with E-state index in [-0.39, 0.29) is 16.7 Å². The predicted molar refractivity (Wildman–Crippen MR) is 64.2 cm³/mol. The summed E-state index contributed by atoms with van der Waals surface area (Å²) in [7, 11) is 0. The molecule has 4 heteroatoms. The van der Waals surface area contributed by atoms with Gasteiger partial charge in [0.15, 0.2) is 6.29 Å². The molecule has 0 unspecified atom stereocenters. The normalized spacial score (nSPS) is 10.1. The van der Waals surface area contributed by atoms with Gasteiger partial charge in [-0.15, -0.1) is 0 Å². The highest BCUT2D eigenvalue weighted by Crippen LogP contribution is 2.27. The molecular weight excluding hydrogens is 235 g/mol. The zero-order valence-electron chi connectivity index (χ0n) is 9.26. The molecule has 0 atom stereocenters. The largest absolute Gasteiger partial charge is 0.478 e. The molecule has 0 heterocycles. The number of carboxylic acids is 1. The van der Waals surface area contributed by atoms with E-state index in [2.05, 4.69) is 0 Å². The maximum atomic E-state index is 13.5. The van der Waals surface area contributed by atoms with Gasteiger partial charge in [0.05, 0.1) is 11.1 Å². The van der Waals surface area contributed by atoms with Crippen LogP contribution in [0.1, 0.15) is 20.7 Å². The third-order valence-electron chi connectivity index (χ3n) is 2.62. The molecule has 2 aromatic rings. The van der Waals surface area contributed by atoms with E-state index < -0.39 is 11.8 Å². The number of carbonyl (C=O) groups excluding carboxylic acids is 1. The van der Waals surface area contributed by atoms with Gasteiger partial charge in [-0.25, -0.2) is 9.18 Å². The Kier molecular flexibility index (Phi) is 3.19. The molecule has 0 saturated heterocycles. The number of aldehydes is 1. The zero-order valence-corrected chi connectivity index (χ0v) is 9.26. The molecular formula is C14H9FO3. The summed E-state index contributed by atoms with van der Waals surface area (Å²) < 4.78 is 13.5. The first-order chi connectivity index (χ1) is 8.65. The first-order valence-electron chi connectivity index (χ1n) is 5.21. The molecule has 1 N–H and O–H groups in total. The van der Waals surface area contributed by atoms with E-state index in [1.54, 1.807) is 18.2 Å². The summed E-state index contributed by atoms with van der Waals surface area (Å²) in [6, 6.07) is 10.3. The van der Waals surface area contributed by atoms with Crippen molar-refractivity contribution in [2.75, 3.05) is 0 Å². The van der Waals surface area contributed by atoms with Crippen LogP contribution in [0.3, 0.4) is 0 Å². The number of aromatic carboxylic acids is 1. The quantitative estimate of drug-likeness (QED) is 0.844. The summed E-state index contributed by atoms with van der Waals surface area (Å²) in [6.07, 6.45) is 0.392. The van der Waals surface area contributed by atoms with Crippen LogP contribution < -0.4 is 0 Å². The molecule has 0 radical (unpaired) electrons. The van der Waals surface area contributed by atoms with Crippen molar-refractivity contribution in [1.29, 1.82) is 0 Å². The summed E-state index contributed by atoms with van der Waals surface area (Å²) in [4.78, 5) is 22.0. The third-order valence-corrected chi connectivity index (χ3v) is 2.62. The fourth-order valence-electron chi connectivity index (χ4n) is 1.80. The minimum Gasteiger partial charge on any atom is -0.478 e. The third kappa shape index (κ3) is 2.00. The minimum atomic E-state index is -1.12. The molecule has 0 spiro atoms. The van der Waals surface area contributed by atoms with Crippen molar-refractivity contribution in [1.82, 2.24) is 0 Å². The number of hydrogen-bond donors (Lipinski definition) is 1. The lowest BCUT2D eigenvalue weighted by Crippen LogP contribution is -2.01. The standard InChI is InChI=1S/C14H9FO3/c15-13-7-3-6-10(12(13)8-16)9-4-1-2-5-11(9)14(17)18/h1-8H,(H,17,18). The smallest absolute Gasteiger partial charge is 0.336 e. The summed E-state index contributed by atoms with van der Waals surface area (Å²) in [5.74, 6) is -1.78. The number of carbonyl (C=O) groups is 2. The van der Waals surface area contributed by atoms with Crippen molar-refractivity contribution in [2.45, 2.75) is 0 Å². The van der Waals surface area contributed by atoms with Gasteiger partial charge < -0.3 is 5.11 Å². The Morgan fingerprint density at radius 2 is 1.72 bits per heavy atom. The minimum absolute atomic E-state index is 0.0335. The van der Waals surface area contributed by atoms with Crippen molar-refractivity contribution in [2.24, 2.45) is 0 Å². The van der Waals surface area contributed by atoms with Crippen LogP contribution in [0.25, 0.3) is 11.1 Å². The second-order valence-corrected chi connectivity index (χ2v) is 3.67. The van der Waals surface area contributed by atoms with Gasteiger partial charge in [-0.2, -0.15) is 0 Å². The Balaban J connectivity index is 2.73. The lowest BCUT2D eigenvalue weighted by molar-refractivity contribution is 0.0697. The van der Waals surface area contributed by atoms with E-state index in [0.29, 0.717) is 11.8 Å². The summed E-state index contributed by atoms with van der Waals surface area (Å²) >= 11 is 0. The van der Waals surface area contributed by atoms with E-state index >= 15 is 0 Å². The van der Waals surface area contributed by atoms with Crippen LogP contribution in [-0.4, -0.2) is 17.4 Å². The fraction of sp³-hybridized carbons (Fsp3) is 0. The van der Waals surface area contributed by atoms with Crippen LogP contribution in [0.2, 0.25) is 0 Å². The van der Waals surface area contributed by atoms with E-state index in [9.17, 15) is 14.0 Å². The van der Waals surface area contributed by atoms with E-state index in [1.165, 1.54) is 18.2 Å². The molecule has 18 heavy (non-hydrogen) atoms. The van der Waals surface area contributed by atoms with Crippen LogP contribution in [0.4, 0.5) is 4.39 Å². The SMILES string of the molecule is O=Cc1c(F)cccc1-c1ccccc1C(=O)O. The molecule has 0 fully saturated rings. The second-order valence-electron chi connectivity index (χ2n) is 3.67. The van der Waals surface area contributed by atoms with Crippen molar-refractivity contribution in [3.8, 4) is 11.1 Å². The van der Waals surface area contributed by atoms with Crippen LogP contribution >= 0.6 is 0 Å². The molecule has 0 aliphatic heterocycles. The van der Waals surface area contributed by atoms with Gasteiger partial charge in [0, 0.05) is 0 Å². The van der Waals surface area contributed by atoms with Crippen molar-refractivity contribution >= 4 is 12.3 Å². The number of halogens is 1. The number of benzene rings is 2.